The smallest absolute Gasteiger partial charge is 0.257 e. The molecule has 0 aromatic heterocycles. The summed E-state index contributed by atoms with van der Waals surface area (Å²) >= 11 is 0. The minimum Gasteiger partial charge on any atom is -0.481 e. The zero-order valence-electron chi connectivity index (χ0n) is 17.9. The van der Waals surface area contributed by atoms with Crippen molar-refractivity contribution in [3.8, 4) is 11.8 Å². The third-order valence-electron chi connectivity index (χ3n) is 6.62. The third kappa shape index (κ3) is 2.94. The fraction of sp³-hybridized carbons (Fsp3) is 0.148. The summed E-state index contributed by atoms with van der Waals surface area (Å²) < 4.78 is 6.37. The van der Waals surface area contributed by atoms with Crippen LogP contribution in [0.15, 0.2) is 102 Å². The maximum atomic E-state index is 12.9. The molecule has 2 N–H and O–H groups in total. The number of fused-ring (bicyclic) bond motifs is 3. The number of ether oxygens (including phenoxy) is 1. The molecule has 0 fully saturated rings. The zero-order chi connectivity index (χ0) is 23.2. The van der Waals surface area contributed by atoms with Crippen molar-refractivity contribution < 1.29 is 9.66 Å². The molecule has 3 aromatic rings. The quantitative estimate of drug-likeness (QED) is 0.453. The standard InChI is InChI=1S/C27H21N3O3/c1-27(30(31)32)23(17-10-4-2-5-11-17)20(16-28)25(29)22-24(27)19-14-8-9-15-21(19)33-26(22)18-12-6-3-7-13-18/h2-15,24,26H,29H2,1H3/t24-,26+,27-/m0/s1. The summed E-state index contributed by atoms with van der Waals surface area (Å²) in [6.07, 6.45) is -0.647. The van der Waals surface area contributed by atoms with Gasteiger partial charge >= 0.3 is 0 Å². The van der Waals surface area contributed by atoms with E-state index in [-0.39, 0.29) is 16.2 Å². The maximum absolute atomic E-state index is 12.9. The lowest BCUT2D eigenvalue weighted by Crippen LogP contribution is -2.49. The van der Waals surface area contributed by atoms with Crippen LogP contribution in [-0.2, 0) is 0 Å². The molecule has 33 heavy (non-hydrogen) atoms. The number of hydrogen-bond donors (Lipinski definition) is 1. The number of rotatable bonds is 3. The van der Waals surface area contributed by atoms with Gasteiger partial charge in [-0.3, -0.25) is 10.1 Å². The van der Waals surface area contributed by atoms with Gasteiger partial charge in [-0.25, -0.2) is 0 Å². The average Bonchev–Trinajstić information content (AvgIpc) is 2.85. The fourth-order valence-electron chi connectivity index (χ4n) is 5.14. The van der Waals surface area contributed by atoms with Gasteiger partial charge in [-0.1, -0.05) is 78.9 Å². The number of benzene rings is 3. The molecule has 1 aliphatic carbocycles. The molecule has 0 unspecified atom stereocenters. The lowest BCUT2D eigenvalue weighted by atomic mass is 9.62. The van der Waals surface area contributed by atoms with E-state index in [0.29, 0.717) is 28.0 Å². The fourth-order valence-corrected chi connectivity index (χ4v) is 5.14. The predicted octanol–water partition coefficient (Wildman–Crippen LogP) is 5.14. The van der Waals surface area contributed by atoms with E-state index in [9.17, 15) is 15.4 Å². The van der Waals surface area contributed by atoms with Crippen LogP contribution in [0.5, 0.6) is 5.75 Å². The topological polar surface area (TPSA) is 102 Å². The van der Waals surface area contributed by atoms with Crippen molar-refractivity contribution >= 4 is 5.57 Å². The first-order valence-corrected chi connectivity index (χ1v) is 10.6. The largest absolute Gasteiger partial charge is 0.481 e. The molecule has 2 aliphatic rings. The normalized spacial score (nSPS) is 23.8. The van der Waals surface area contributed by atoms with E-state index >= 15 is 0 Å². The Bertz CT molecular complexity index is 1360. The molecular formula is C27H21N3O3. The van der Waals surface area contributed by atoms with Crippen LogP contribution >= 0.6 is 0 Å². The predicted molar refractivity (Wildman–Crippen MR) is 125 cm³/mol. The monoisotopic (exact) mass is 435 g/mol. The summed E-state index contributed by atoms with van der Waals surface area (Å²) in [5.74, 6) is -0.135. The van der Waals surface area contributed by atoms with Crippen LogP contribution in [0.4, 0.5) is 0 Å². The summed E-state index contributed by atoms with van der Waals surface area (Å²) in [5, 5.41) is 23.1. The van der Waals surface area contributed by atoms with Crippen LogP contribution in [0.2, 0.25) is 0 Å². The minimum atomic E-state index is -1.64. The summed E-state index contributed by atoms with van der Waals surface area (Å²) in [7, 11) is 0. The van der Waals surface area contributed by atoms with Crippen molar-refractivity contribution in [3.63, 3.8) is 0 Å². The molecule has 5 rings (SSSR count). The Balaban J connectivity index is 1.91. The molecule has 0 amide bonds. The maximum Gasteiger partial charge on any atom is 0.257 e. The summed E-state index contributed by atoms with van der Waals surface area (Å²) in [6, 6.07) is 28.0. The summed E-state index contributed by atoms with van der Waals surface area (Å²) in [4.78, 5) is 12.6. The first-order valence-electron chi connectivity index (χ1n) is 10.6. The van der Waals surface area contributed by atoms with Crippen molar-refractivity contribution in [2.24, 2.45) is 5.73 Å². The van der Waals surface area contributed by atoms with Crippen molar-refractivity contribution in [2.45, 2.75) is 24.5 Å². The Morgan fingerprint density at radius 3 is 2.24 bits per heavy atom. The average molecular weight is 435 g/mol. The van der Waals surface area contributed by atoms with Gasteiger partial charge in [0.15, 0.2) is 0 Å². The number of nitriles is 1. The molecule has 6 nitrogen and oxygen atoms in total. The van der Waals surface area contributed by atoms with Gasteiger partial charge in [-0.2, -0.15) is 5.26 Å². The number of allylic oxidation sites excluding steroid dienone is 1. The Hall–Kier alpha value is -4.37. The van der Waals surface area contributed by atoms with Gasteiger partial charge in [-0.05, 0) is 17.2 Å². The van der Waals surface area contributed by atoms with Crippen LogP contribution in [-0.4, -0.2) is 10.5 Å². The lowest BCUT2D eigenvalue weighted by Gasteiger charge is -2.44. The van der Waals surface area contributed by atoms with E-state index in [4.69, 9.17) is 10.5 Å². The van der Waals surface area contributed by atoms with Crippen LogP contribution in [0.1, 0.15) is 35.6 Å². The van der Waals surface area contributed by atoms with Gasteiger partial charge in [0.2, 0.25) is 0 Å². The van der Waals surface area contributed by atoms with Crippen molar-refractivity contribution in [2.75, 3.05) is 0 Å². The molecule has 0 spiro atoms. The number of nitro groups is 1. The van der Waals surface area contributed by atoms with Crippen LogP contribution in [0.25, 0.3) is 5.57 Å². The van der Waals surface area contributed by atoms with Gasteiger partial charge in [0.25, 0.3) is 5.54 Å². The van der Waals surface area contributed by atoms with E-state index in [1.807, 2.05) is 60.7 Å². The number of para-hydroxylation sites is 1. The van der Waals surface area contributed by atoms with Gasteiger partial charge in [0, 0.05) is 23.0 Å². The highest BCUT2D eigenvalue weighted by Gasteiger charge is 2.60. The van der Waals surface area contributed by atoms with Gasteiger partial charge in [-0.15, -0.1) is 0 Å². The highest BCUT2D eigenvalue weighted by atomic mass is 16.6. The Kier molecular flexibility index (Phi) is 4.75. The van der Waals surface area contributed by atoms with Crippen LogP contribution < -0.4 is 10.5 Å². The molecule has 6 heteroatoms. The molecule has 1 aliphatic heterocycles. The van der Waals surface area contributed by atoms with E-state index in [0.717, 1.165) is 5.56 Å². The van der Waals surface area contributed by atoms with Gasteiger partial charge in [0.1, 0.15) is 17.9 Å². The molecule has 0 bridgehead atoms. The molecule has 1 heterocycles. The van der Waals surface area contributed by atoms with E-state index in [2.05, 4.69) is 6.07 Å². The van der Waals surface area contributed by atoms with E-state index in [1.54, 1.807) is 31.2 Å². The highest BCUT2D eigenvalue weighted by Crippen LogP contribution is 2.58. The third-order valence-corrected chi connectivity index (χ3v) is 6.62. The van der Waals surface area contributed by atoms with Crippen LogP contribution in [0, 0.1) is 21.4 Å². The molecule has 0 saturated carbocycles. The molecule has 162 valence electrons. The SMILES string of the molecule is C[C@]1([N+](=O)[O-])C(c2ccccc2)=C(C#N)C(N)=C2[C@@H]1c1ccccc1O[C@@H]2c1ccccc1. The van der Waals surface area contributed by atoms with Crippen LogP contribution in [0.3, 0.4) is 0 Å². The number of hydrogen-bond acceptors (Lipinski definition) is 5. The summed E-state index contributed by atoms with van der Waals surface area (Å²) in [6.45, 7) is 1.59. The van der Waals surface area contributed by atoms with E-state index in [1.165, 1.54) is 0 Å². The molecule has 0 saturated heterocycles. The Labute approximate surface area is 191 Å². The molecule has 0 radical (unpaired) electrons. The van der Waals surface area contributed by atoms with Crippen molar-refractivity contribution in [1.82, 2.24) is 0 Å². The van der Waals surface area contributed by atoms with E-state index < -0.39 is 17.6 Å². The number of nitrogens with two attached hydrogens (primary N) is 1. The molecular weight excluding hydrogens is 414 g/mol. The first kappa shape index (κ1) is 20.5. The zero-order valence-corrected chi connectivity index (χ0v) is 17.9. The minimum absolute atomic E-state index is 0.121. The first-order chi connectivity index (χ1) is 16.0. The summed E-state index contributed by atoms with van der Waals surface area (Å²) in [5.41, 5.74) is 8.38. The lowest BCUT2D eigenvalue weighted by molar-refractivity contribution is -0.550. The Morgan fingerprint density at radius 1 is 1.00 bits per heavy atom. The second kappa shape index (κ2) is 7.64. The highest BCUT2D eigenvalue weighted by molar-refractivity contribution is 5.85. The number of nitrogens with zero attached hydrogens (tertiary/aromatic N) is 2. The Morgan fingerprint density at radius 2 is 1.61 bits per heavy atom. The van der Waals surface area contributed by atoms with Crippen molar-refractivity contribution in [1.29, 1.82) is 5.26 Å². The molecule has 3 atom stereocenters. The van der Waals surface area contributed by atoms with Gasteiger partial charge in [0.05, 0.1) is 22.8 Å². The molecule has 3 aromatic carbocycles. The second-order valence-electron chi connectivity index (χ2n) is 8.38. The van der Waals surface area contributed by atoms with Crippen molar-refractivity contribution in [3.05, 3.63) is 129 Å². The second-order valence-corrected chi connectivity index (χ2v) is 8.38. The van der Waals surface area contributed by atoms with Gasteiger partial charge < -0.3 is 10.5 Å².